The molecule has 0 spiro atoms. The number of fused-ring (bicyclic) bond motifs is 1. The lowest BCUT2D eigenvalue weighted by atomic mass is 10.00. The van der Waals surface area contributed by atoms with Gasteiger partial charge in [0.25, 0.3) is 0 Å². The first-order chi connectivity index (χ1) is 15.6. The molecule has 0 fully saturated rings. The highest BCUT2D eigenvalue weighted by Gasteiger charge is 2.39. The fourth-order valence-electron chi connectivity index (χ4n) is 3.76. The SMILES string of the molecule is CN(Cc1ccccc1)Cc1c(O)ccc2c(=O)c(-c3ccc(Br)cc3)c(C(F)(F)F)oc12. The van der Waals surface area contributed by atoms with Gasteiger partial charge in [-0.2, -0.15) is 13.2 Å². The summed E-state index contributed by atoms with van der Waals surface area (Å²) in [5.41, 5.74) is -0.426. The Labute approximate surface area is 196 Å². The molecule has 170 valence electrons. The monoisotopic (exact) mass is 517 g/mol. The third kappa shape index (κ3) is 4.82. The van der Waals surface area contributed by atoms with Gasteiger partial charge in [0, 0.05) is 17.6 Å². The summed E-state index contributed by atoms with van der Waals surface area (Å²) in [6, 6.07) is 18.1. The lowest BCUT2D eigenvalue weighted by Gasteiger charge is -2.19. The number of rotatable bonds is 5. The van der Waals surface area contributed by atoms with Crippen LogP contribution >= 0.6 is 15.9 Å². The number of hydrogen-bond acceptors (Lipinski definition) is 4. The van der Waals surface area contributed by atoms with Crippen molar-refractivity contribution in [1.29, 1.82) is 0 Å². The maximum absolute atomic E-state index is 14.0. The molecule has 0 bridgehead atoms. The highest BCUT2D eigenvalue weighted by Crippen LogP contribution is 2.39. The van der Waals surface area contributed by atoms with Crippen LogP contribution in [-0.4, -0.2) is 17.1 Å². The van der Waals surface area contributed by atoms with Crippen molar-refractivity contribution in [1.82, 2.24) is 4.90 Å². The molecule has 0 radical (unpaired) electrons. The molecule has 1 heterocycles. The summed E-state index contributed by atoms with van der Waals surface area (Å²) >= 11 is 3.24. The quantitative estimate of drug-likeness (QED) is 0.325. The van der Waals surface area contributed by atoms with Crippen LogP contribution in [0.25, 0.3) is 22.1 Å². The van der Waals surface area contributed by atoms with E-state index in [0.29, 0.717) is 11.0 Å². The van der Waals surface area contributed by atoms with Gasteiger partial charge in [0.05, 0.1) is 16.5 Å². The Balaban J connectivity index is 1.87. The van der Waals surface area contributed by atoms with Gasteiger partial charge in [0.1, 0.15) is 11.3 Å². The number of hydrogen-bond donors (Lipinski definition) is 1. The van der Waals surface area contributed by atoms with E-state index < -0.39 is 22.9 Å². The molecule has 1 aromatic heterocycles. The Morgan fingerprint density at radius 2 is 1.64 bits per heavy atom. The van der Waals surface area contributed by atoms with Gasteiger partial charge in [-0.05, 0) is 42.4 Å². The van der Waals surface area contributed by atoms with E-state index in [-0.39, 0.29) is 34.4 Å². The zero-order valence-electron chi connectivity index (χ0n) is 17.5. The van der Waals surface area contributed by atoms with Crippen molar-refractivity contribution in [2.75, 3.05) is 7.05 Å². The lowest BCUT2D eigenvalue weighted by Crippen LogP contribution is -2.19. The molecule has 3 aromatic carbocycles. The van der Waals surface area contributed by atoms with Gasteiger partial charge in [0.2, 0.25) is 11.2 Å². The summed E-state index contributed by atoms with van der Waals surface area (Å²) in [7, 11) is 1.77. The molecule has 0 amide bonds. The molecule has 0 saturated heterocycles. The van der Waals surface area contributed by atoms with Crippen LogP contribution in [0, 0.1) is 0 Å². The van der Waals surface area contributed by atoms with E-state index in [2.05, 4.69) is 15.9 Å². The molecule has 0 unspecified atom stereocenters. The van der Waals surface area contributed by atoms with E-state index in [4.69, 9.17) is 4.42 Å². The molecule has 0 aliphatic carbocycles. The van der Waals surface area contributed by atoms with Crippen LogP contribution in [0.3, 0.4) is 0 Å². The summed E-state index contributed by atoms with van der Waals surface area (Å²) in [5, 5.41) is 10.4. The minimum absolute atomic E-state index is 0.0261. The first-order valence-electron chi connectivity index (χ1n) is 10.0. The molecule has 8 heteroatoms. The standard InChI is InChI=1S/C25H19BrF3NO3/c1-30(13-15-5-3-2-4-6-15)14-19-20(31)12-11-18-22(32)21(16-7-9-17(26)10-8-16)24(25(27,28)29)33-23(18)19/h2-12,31H,13-14H2,1H3. The number of phenolic OH excluding ortho intramolecular Hbond substituents is 1. The molecule has 4 aromatic rings. The summed E-state index contributed by atoms with van der Waals surface area (Å²) in [5.74, 6) is -1.63. The van der Waals surface area contributed by atoms with Crippen molar-refractivity contribution >= 4 is 26.9 Å². The number of alkyl halides is 3. The highest BCUT2D eigenvalue weighted by molar-refractivity contribution is 9.10. The second-order valence-electron chi connectivity index (χ2n) is 7.74. The smallest absolute Gasteiger partial charge is 0.450 e. The van der Waals surface area contributed by atoms with Crippen molar-refractivity contribution < 1.29 is 22.7 Å². The van der Waals surface area contributed by atoms with Crippen LogP contribution in [0.1, 0.15) is 16.9 Å². The van der Waals surface area contributed by atoms with Crippen LogP contribution in [0.4, 0.5) is 13.2 Å². The van der Waals surface area contributed by atoms with Crippen molar-refractivity contribution in [2.24, 2.45) is 0 Å². The average Bonchev–Trinajstić information content (AvgIpc) is 2.76. The molecule has 1 N–H and O–H groups in total. The van der Waals surface area contributed by atoms with Gasteiger partial charge >= 0.3 is 6.18 Å². The summed E-state index contributed by atoms with van der Waals surface area (Å²) < 4.78 is 48.0. The molecule has 0 saturated carbocycles. The van der Waals surface area contributed by atoms with E-state index in [9.17, 15) is 23.1 Å². The van der Waals surface area contributed by atoms with E-state index in [1.54, 1.807) is 19.2 Å². The highest BCUT2D eigenvalue weighted by atomic mass is 79.9. The number of phenols is 1. The largest absolute Gasteiger partial charge is 0.507 e. The number of halogens is 4. The summed E-state index contributed by atoms with van der Waals surface area (Å²) in [6.07, 6.45) is -4.91. The average molecular weight is 518 g/mol. The molecule has 0 aliphatic heterocycles. The van der Waals surface area contributed by atoms with E-state index in [1.807, 2.05) is 35.2 Å². The van der Waals surface area contributed by atoms with E-state index >= 15 is 0 Å². The van der Waals surface area contributed by atoms with Crippen molar-refractivity contribution in [3.05, 3.63) is 98.3 Å². The number of aromatic hydroxyl groups is 1. The Bertz CT molecular complexity index is 1350. The maximum Gasteiger partial charge on any atom is 0.450 e. The van der Waals surface area contributed by atoms with E-state index in [0.717, 1.165) is 5.56 Å². The van der Waals surface area contributed by atoms with Gasteiger partial charge in [0.15, 0.2) is 0 Å². The van der Waals surface area contributed by atoms with Crippen molar-refractivity contribution in [3.8, 4) is 16.9 Å². The number of nitrogens with zero attached hydrogens (tertiary/aromatic N) is 1. The maximum atomic E-state index is 14.0. The normalized spacial score (nSPS) is 11.9. The first-order valence-corrected chi connectivity index (χ1v) is 10.8. The second-order valence-corrected chi connectivity index (χ2v) is 8.65. The molecular formula is C25H19BrF3NO3. The van der Waals surface area contributed by atoms with Gasteiger partial charge in [-0.25, -0.2) is 0 Å². The molecule has 0 atom stereocenters. The Kier molecular flexibility index (Phi) is 6.32. The summed E-state index contributed by atoms with van der Waals surface area (Å²) in [4.78, 5) is 15.1. The first kappa shape index (κ1) is 23.1. The zero-order valence-corrected chi connectivity index (χ0v) is 19.1. The van der Waals surface area contributed by atoms with Gasteiger partial charge in [-0.15, -0.1) is 0 Å². The molecular weight excluding hydrogens is 499 g/mol. The zero-order chi connectivity index (χ0) is 23.8. The minimum Gasteiger partial charge on any atom is -0.507 e. The van der Waals surface area contributed by atoms with E-state index in [1.165, 1.54) is 24.3 Å². The predicted octanol–water partition coefficient (Wildman–Crippen LogP) is 6.58. The van der Waals surface area contributed by atoms with Gasteiger partial charge in [-0.1, -0.05) is 58.4 Å². The molecule has 0 aliphatic rings. The fraction of sp³-hybridized carbons (Fsp3) is 0.160. The van der Waals surface area contributed by atoms with Crippen molar-refractivity contribution in [2.45, 2.75) is 19.3 Å². The van der Waals surface area contributed by atoms with Crippen LogP contribution < -0.4 is 5.43 Å². The predicted molar refractivity (Wildman–Crippen MR) is 124 cm³/mol. The summed E-state index contributed by atoms with van der Waals surface area (Å²) in [6.45, 7) is 0.569. The topological polar surface area (TPSA) is 53.7 Å². The Morgan fingerprint density at radius 3 is 2.27 bits per heavy atom. The Morgan fingerprint density at radius 1 is 0.970 bits per heavy atom. The van der Waals surface area contributed by atoms with Crippen LogP contribution in [0.5, 0.6) is 5.75 Å². The molecule has 4 nitrogen and oxygen atoms in total. The van der Waals surface area contributed by atoms with Crippen LogP contribution in [-0.2, 0) is 19.3 Å². The van der Waals surface area contributed by atoms with Gasteiger partial charge < -0.3 is 9.52 Å². The molecule has 4 rings (SSSR count). The third-order valence-corrected chi connectivity index (χ3v) is 5.78. The van der Waals surface area contributed by atoms with Crippen LogP contribution in [0.15, 0.2) is 80.4 Å². The fourth-order valence-corrected chi connectivity index (χ4v) is 4.02. The number of benzene rings is 3. The molecule has 33 heavy (non-hydrogen) atoms. The Hall–Kier alpha value is -3.10. The van der Waals surface area contributed by atoms with Crippen LogP contribution in [0.2, 0.25) is 0 Å². The van der Waals surface area contributed by atoms with Crippen molar-refractivity contribution in [3.63, 3.8) is 0 Å². The van der Waals surface area contributed by atoms with Gasteiger partial charge in [-0.3, -0.25) is 9.69 Å². The third-order valence-electron chi connectivity index (χ3n) is 5.25. The second kappa shape index (κ2) is 9.03. The lowest BCUT2D eigenvalue weighted by molar-refractivity contribution is -0.152. The minimum atomic E-state index is -4.91.